The molecule has 4 heteroatoms. The molecule has 1 aromatic carbocycles. The molecule has 106 valence electrons. The van der Waals surface area contributed by atoms with Gasteiger partial charge in [0.15, 0.2) is 11.6 Å². The van der Waals surface area contributed by atoms with E-state index in [1.54, 1.807) is 12.3 Å². The molecular formula is C16H19FN2O. The van der Waals surface area contributed by atoms with Crippen LogP contribution < -0.4 is 10.1 Å². The first kappa shape index (κ1) is 14.5. The lowest BCUT2D eigenvalue weighted by atomic mass is 10.1. The molecule has 20 heavy (non-hydrogen) atoms. The summed E-state index contributed by atoms with van der Waals surface area (Å²) >= 11 is 0. The van der Waals surface area contributed by atoms with Gasteiger partial charge in [-0.3, -0.25) is 4.98 Å². The van der Waals surface area contributed by atoms with E-state index in [1.807, 2.05) is 31.3 Å². The smallest absolute Gasteiger partial charge is 0.165 e. The van der Waals surface area contributed by atoms with E-state index in [9.17, 15) is 4.39 Å². The first-order valence-corrected chi connectivity index (χ1v) is 6.66. The molecule has 0 spiro atoms. The molecule has 0 radical (unpaired) electrons. The van der Waals surface area contributed by atoms with E-state index in [4.69, 9.17) is 4.74 Å². The van der Waals surface area contributed by atoms with Gasteiger partial charge in [-0.1, -0.05) is 12.1 Å². The lowest BCUT2D eigenvalue weighted by Crippen LogP contribution is -2.21. The highest BCUT2D eigenvalue weighted by Gasteiger charge is 2.09. The summed E-state index contributed by atoms with van der Waals surface area (Å²) in [4.78, 5) is 4.08. The Labute approximate surface area is 118 Å². The Bertz CT molecular complexity index is 545. The Morgan fingerprint density at radius 2 is 2.20 bits per heavy atom. The van der Waals surface area contributed by atoms with Crippen LogP contribution in [0, 0.1) is 5.82 Å². The number of halogens is 1. The van der Waals surface area contributed by atoms with Crippen molar-refractivity contribution in [2.75, 3.05) is 13.7 Å². The fourth-order valence-electron chi connectivity index (χ4n) is 2.05. The van der Waals surface area contributed by atoms with E-state index in [2.05, 4.69) is 10.3 Å². The molecule has 0 bridgehead atoms. The third-order valence-electron chi connectivity index (χ3n) is 3.26. The molecular weight excluding hydrogens is 255 g/mol. The molecule has 1 aromatic heterocycles. The quantitative estimate of drug-likeness (QED) is 0.878. The molecule has 3 nitrogen and oxygen atoms in total. The van der Waals surface area contributed by atoms with Gasteiger partial charge in [0.05, 0.1) is 7.11 Å². The Morgan fingerprint density at radius 3 is 2.85 bits per heavy atom. The molecule has 1 heterocycles. The van der Waals surface area contributed by atoms with E-state index in [1.165, 1.54) is 18.7 Å². The summed E-state index contributed by atoms with van der Waals surface area (Å²) < 4.78 is 18.6. The minimum absolute atomic E-state index is 0.0899. The van der Waals surface area contributed by atoms with E-state index in [0.29, 0.717) is 0 Å². The van der Waals surface area contributed by atoms with Crippen LogP contribution in [-0.2, 0) is 6.42 Å². The summed E-state index contributed by atoms with van der Waals surface area (Å²) in [6.45, 7) is 2.84. The van der Waals surface area contributed by atoms with Gasteiger partial charge in [-0.2, -0.15) is 0 Å². The molecule has 2 aromatic rings. The number of methoxy groups -OCH3 is 1. The topological polar surface area (TPSA) is 34.1 Å². The molecule has 1 N–H and O–H groups in total. The van der Waals surface area contributed by atoms with E-state index >= 15 is 0 Å². The minimum atomic E-state index is -0.328. The standard InChI is InChI=1S/C16H19FN2O/c1-12(14-5-6-16(20-2)15(17)10-14)19-9-7-13-4-3-8-18-11-13/h3-6,8,10-12,19H,7,9H2,1-2H3. The van der Waals surface area contributed by atoms with Gasteiger partial charge in [0, 0.05) is 18.4 Å². The number of benzene rings is 1. The van der Waals surface area contributed by atoms with Crippen molar-refractivity contribution in [2.24, 2.45) is 0 Å². The zero-order chi connectivity index (χ0) is 14.4. The lowest BCUT2D eigenvalue weighted by Gasteiger charge is -2.15. The van der Waals surface area contributed by atoms with E-state index < -0.39 is 0 Å². The second kappa shape index (κ2) is 7.01. The molecule has 2 rings (SSSR count). The van der Waals surface area contributed by atoms with Crippen LogP contribution in [0.3, 0.4) is 0 Å². The first-order valence-electron chi connectivity index (χ1n) is 6.66. The Balaban J connectivity index is 1.88. The van der Waals surface area contributed by atoms with Gasteiger partial charge in [-0.05, 0) is 49.2 Å². The van der Waals surface area contributed by atoms with E-state index in [0.717, 1.165) is 18.5 Å². The van der Waals surface area contributed by atoms with Gasteiger partial charge < -0.3 is 10.1 Å². The average Bonchev–Trinajstić information content (AvgIpc) is 2.48. The van der Waals surface area contributed by atoms with Crippen molar-refractivity contribution in [1.29, 1.82) is 0 Å². The van der Waals surface area contributed by atoms with Crippen molar-refractivity contribution >= 4 is 0 Å². The molecule has 0 amide bonds. The normalized spacial score (nSPS) is 12.2. The maximum absolute atomic E-state index is 13.6. The van der Waals surface area contributed by atoms with Crippen molar-refractivity contribution in [2.45, 2.75) is 19.4 Å². The van der Waals surface area contributed by atoms with Crippen molar-refractivity contribution in [3.63, 3.8) is 0 Å². The number of pyridine rings is 1. The predicted octanol–water partition coefficient (Wildman–Crippen LogP) is 3.12. The molecule has 0 saturated carbocycles. The maximum Gasteiger partial charge on any atom is 0.165 e. The third kappa shape index (κ3) is 3.78. The van der Waals surface area contributed by atoms with Gasteiger partial charge in [0.2, 0.25) is 0 Å². The second-order valence-electron chi connectivity index (χ2n) is 4.68. The summed E-state index contributed by atoms with van der Waals surface area (Å²) in [5.74, 6) is -0.0535. The van der Waals surface area contributed by atoms with Crippen molar-refractivity contribution in [3.05, 3.63) is 59.7 Å². The fourth-order valence-corrected chi connectivity index (χ4v) is 2.05. The van der Waals surface area contributed by atoms with Gasteiger partial charge in [-0.25, -0.2) is 4.39 Å². The SMILES string of the molecule is COc1ccc(C(C)NCCc2cccnc2)cc1F. The second-order valence-corrected chi connectivity index (χ2v) is 4.68. The van der Waals surface area contributed by atoms with Gasteiger partial charge in [0.1, 0.15) is 0 Å². The van der Waals surface area contributed by atoms with Gasteiger partial charge >= 0.3 is 0 Å². The highest BCUT2D eigenvalue weighted by Crippen LogP contribution is 2.21. The summed E-state index contributed by atoms with van der Waals surface area (Å²) in [5, 5.41) is 3.38. The van der Waals surface area contributed by atoms with Crippen molar-refractivity contribution < 1.29 is 9.13 Å². The molecule has 0 aliphatic heterocycles. The Hall–Kier alpha value is -1.94. The maximum atomic E-state index is 13.6. The average molecular weight is 274 g/mol. The predicted molar refractivity (Wildman–Crippen MR) is 77.3 cm³/mol. The number of nitrogens with zero attached hydrogens (tertiary/aromatic N) is 1. The van der Waals surface area contributed by atoms with Crippen LogP contribution in [0.1, 0.15) is 24.1 Å². The number of hydrogen-bond donors (Lipinski definition) is 1. The summed E-state index contributed by atoms with van der Waals surface area (Å²) in [7, 11) is 1.47. The third-order valence-corrected chi connectivity index (χ3v) is 3.26. The minimum Gasteiger partial charge on any atom is -0.494 e. The largest absolute Gasteiger partial charge is 0.494 e. The van der Waals surface area contributed by atoms with Crippen molar-refractivity contribution in [3.8, 4) is 5.75 Å². The van der Waals surface area contributed by atoms with Gasteiger partial charge in [-0.15, -0.1) is 0 Å². The summed E-state index contributed by atoms with van der Waals surface area (Å²) in [6, 6.07) is 9.12. The zero-order valence-electron chi connectivity index (χ0n) is 11.8. The number of rotatable bonds is 6. The number of ether oxygens (including phenoxy) is 1. The van der Waals surface area contributed by atoms with Crippen LogP contribution in [0.15, 0.2) is 42.7 Å². The monoisotopic (exact) mass is 274 g/mol. The molecule has 0 aliphatic rings. The molecule has 1 atom stereocenters. The zero-order valence-corrected chi connectivity index (χ0v) is 11.8. The first-order chi connectivity index (χ1) is 9.70. The van der Waals surface area contributed by atoms with Gasteiger partial charge in [0.25, 0.3) is 0 Å². The Morgan fingerprint density at radius 1 is 1.35 bits per heavy atom. The van der Waals surface area contributed by atoms with Crippen LogP contribution in [0.25, 0.3) is 0 Å². The highest BCUT2D eigenvalue weighted by atomic mass is 19.1. The highest BCUT2D eigenvalue weighted by molar-refractivity contribution is 5.30. The summed E-state index contributed by atoms with van der Waals surface area (Å²) in [6.07, 6.45) is 4.52. The van der Waals surface area contributed by atoms with Crippen LogP contribution in [0.4, 0.5) is 4.39 Å². The van der Waals surface area contributed by atoms with Crippen LogP contribution in [0.2, 0.25) is 0 Å². The lowest BCUT2D eigenvalue weighted by molar-refractivity contribution is 0.385. The number of aromatic nitrogens is 1. The number of nitrogens with one attached hydrogen (secondary N) is 1. The fraction of sp³-hybridized carbons (Fsp3) is 0.312. The van der Waals surface area contributed by atoms with Crippen molar-refractivity contribution in [1.82, 2.24) is 10.3 Å². The molecule has 0 fully saturated rings. The van der Waals surface area contributed by atoms with Crippen LogP contribution in [-0.4, -0.2) is 18.6 Å². The summed E-state index contributed by atoms with van der Waals surface area (Å²) in [5.41, 5.74) is 2.10. The van der Waals surface area contributed by atoms with Crippen LogP contribution >= 0.6 is 0 Å². The molecule has 0 saturated heterocycles. The van der Waals surface area contributed by atoms with E-state index in [-0.39, 0.29) is 17.6 Å². The van der Waals surface area contributed by atoms with Crippen LogP contribution in [0.5, 0.6) is 5.75 Å². The molecule has 1 unspecified atom stereocenters. The number of hydrogen-bond acceptors (Lipinski definition) is 3. The molecule has 0 aliphatic carbocycles. The Kier molecular flexibility index (Phi) is 5.07.